The van der Waals surface area contributed by atoms with E-state index in [1.807, 2.05) is 0 Å². The van der Waals surface area contributed by atoms with Gasteiger partial charge in [0.25, 0.3) is 0 Å². The average Bonchev–Trinajstić information content (AvgIpc) is 2.72. The predicted molar refractivity (Wildman–Crippen MR) is 112 cm³/mol. The zero-order valence-electron chi connectivity index (χ0n) is 14.8. The van der Waals surface area contributed by atoms with Crippen molar-refractivity contribution in [2.24, 2.45) is 0 Å². The summed E-state index contributed by atoms with van der Waals surface area (Å²) in [6, 6.07) is 34.4. The van der Waals surface area contributed by atoms with Gasteiger partial charge in [0, 0.05) is 0 Å². The fraction of sp³-hybridized carbons (Fsp3) is 0.250. The van der Waals surface area contributed by atoms with Crippen molar-refractivity contribution in [1.82, 2.24) is 0 Å². The summed E-state index contributed by atoms with van der Waals surface area (Å²) in [7, 11) is 0. The van der Waals surface area contributed by atoms with E-state index in [4.69, 9.17) is 0 Å². The molecule has 0 amide bonds. The van der Waals surface area contributed by atoms with E-state index in [0.717, 1.165) is 4.71 Å². The molecule has 0 nitrogen and oxygen atoms in total. The van der Waals surface area contributed by atoms with Crippen molar-refractivity contribution in [3.05, 3.63) is 91.0 Å². The van der Waals surface area contributed by atoms with Gasteiger partial charge in [-0.1, -0.05) is 0 Å². The Morgan fingerprint density at radius 1 is 0.480 bits per heavy atom. The van der Waals surface area contributed by atoms with Crippen LogP contribution in [0.15, 0.2) is 91.0 Å². The van der Waals surface area contributed by atoms with E-state index in [2.05, 4.69) is 91.0 Å². The summed E-state index contributed by atoms with van der Waals surface area (Å²) in [5.41, 5.74) is 0. The Morgan fingerprint density at radius 2 is 0.840 bits per heavy atom. The molecule has 3 aromatic rings. The Kier molecular flexibility index (Phi) is 5.09. The molecule has 1 heteroatoms. The minimum atomic E-state index is -2.71. The molecule has 0 N–H and O–H groups in total. The third-order valence-electron chi connectivity index (χ3n) is 5.90. The molecule has 1 aliphatic carbocycles. The molecule has 0 saturated heterocycles. The first-order valence-corrected chi connectivity index (χ1v) is 13.9. The standard InChI is InChI=1S/C24H27As/c1-5-13-21(14-6-1)25(22-15-7-2-8-16-22,23-17-9-3-10-18-23)24-19-11-4-12-20-24/h1-3,5-10,13-18,24-25H,4,11-12,19-20H2. The molecule has 0 bridgehead atoms. The molecule has 128 valence electrons. The third kappa shape index (κ3) is 3.09. The Morgan fingerprint density at radius 3 is 1.20 bits per heavy atom. The fourth-order valence-electron chi connectivity index (χ4n) is 4.85. The molecule has 4 rings (SSSR count). The maximum absolute atomic E-state index is 2.71. The van der Waals surface area contributed by atoms with Gasteiger partial charge in [0.05, 0.1) is 0 Å². The van der Waals surface area contributed by atoms with Crippen LogP contribution in [0.3, 0.4) is 0 Å². The van der Waals surface area contributed by atoms with Gasteiger partial charge < -0.3 is 0 Å². The second-order valence-electron chi connectivity index (χ2n) is 7.24. The summed E-state index contributed by atoms with van der Waals surface area (Å²) in [6.45, 7) is 0. The molecule has 3 aromatic carbocycles. The molecule has 0 aromatic heterocycles. The summed E-state index contributed by atoms with van der Waals surface area (Å²) in [5.74, 6) is 0. The summed E-state index contributed by atoms with van der Waals surface area (Å²) < 4.78 is 5.69. The second-order valence-corrected chi connectivity index (χ2v) is 16.0. The molecule has 0 aliphatic heterocycles. The Bertz CT molecular complexity index is 677. The molecule has 0 spiro atoms. The van der Waals surface area contributed by atoms with Crippen LogP contribution in [0.25, 0.3) is 0 Å². The van der Waals surface area contributed by atoms with Crippen molar-refractivity contribution in [3.8, 4) is 0 Å². The van der Waals surface area contributed by atoms with Crippen LogP contribution < -0.4 is 13.1 Å². The van der Waals surface area contributed by atoms with E-state index in [9.17, 15) is 0 Å². The normalized spacial score (nSPS) is 16.5. The van der Waals surface area contributed by atoms with Crippen LogP contribution in [-0.4, -0.2) is 13.6 Å². The summed E-state index contributed by atoms with van der Waals surface area (Å²) >= 11 is -2.71. The van der Waals surface area contributed by atoms with Crippen LogP contribution in [0.5, 0.6) is 0 Å². The average molecular weight is 390 g/mol. The molecule has 0 heterocycles. The quantitative estimate of drug-likeness (QED) is 0.585. The summed E-state index contributed by atoms with van der Waals surface area (Å²) in [6.07, 6.45) is 6.97. The monoisotopic (exact) mass is 390 g/mol. The van der Waals surface area contributed by atoms with E-state index in [0.29, 0.717) is 0 Å². The van der Waals surface area contributed by atoms with Crippen molar-refractivity contribution in [3.63, 3.8) is 0 Å². The molecule has 0 unspecified atom stereocenters. The van der Waals surface area contributed by atoms with Crippen molar-refractivity contribution in [2.45, 2.75) is 36.8 Å². The van der Waals surface area contributed by atoms with E-state index in [1.54, 1.807) is 13.1 Å². The Hall–Kier alpha value is -1.78. The van der Waals surface area contributed by atoms with Gasteiger partial charge in [-0.3, -0.25) is 0 Å². The SMILES string of the molecule is c1ccc([AsH](c2ccccc2)(c2ccccc2)C2CCCCC2)cc1. The van der Waals surface area contributed by atoms with Crippen molar-refractivity contribution in [1.29, 1.82) is 0 Å². The molecular formula is C24H27As. The fourth-order valence-corrected chi connectivity index (χ4v) is 17.1. The van der Waals surface area contributed by atoms with Gasteiger partial charge in [-0.05, 0) is 0 Å². The minimum absolute atomic E-state index is 0.834. The zero-order valence-corrected chi connectivity index (χ0v) is 16.9. The molecule has 0 radical (unpaired) electrons. The van der Waals surface area contributed by atoms with E-state index in [1.165, 1.54) is 32.1 Å². The van der Waals surface area contributed by atoms with Gasteiger partial charge in [-0.2, -0.15) is 0 Å². The van der Waals surface area contributed by atoms with Gasteiger partial charge in [0.15, 0.2) is 0 Å². The number of benzene rings is 3. The van der Waals surface area contributed by atoms with Crippen LogP contribution in [-0.2, 0) is 0 Å². The molecule has 1 fully saturated rings. The first kappa shape index (κ1) is 16.7. The third-order valence-corrected chi connectivity index (χ3v) is 17.5. The molecule has 0 atom stereocenters. The van der Waals surface area contributed by atoms with Crippen LogP contribution in [0, 0.1) is 0 Å². The Balaban J connectivity index is 2.01. The van der Waals surface area contributed by atoms with Crippen LogP contribution in [0.4, 0.5) is 0 Å². The van der Waals surface area contributed by atoms with Crippen molar-refractivity contribution < 1.29 is 0 Å². The van der Waals surface area contributed by atoms with E-state index in [-0.39, 0.29) is 0 Å². The summed E-state index contributed by atoms with van der Waals surface area (Å²) in [4.78, 5) is 0. The molecule has 1 aliphatic rings. The number of rotatable bonds is 4. The molecule has 25 heavy (non-hydrogen) atoms. The van der Waals surface area contributed by atoms with Gasteiger partial charge >= 0.3 is 154 Å². The maximum atomic E-state index is 2.41. The summed E-state index contributed by atoms with van der Waals surface area (Å²) in [5, 5.41) is 0. The van der Waals surface area contributed by atoms with Crippen LogP contribution in [0.2, 0.25) is 4.71 Å². The van der Waals surface area contributed by atoms with Gasteiger partial charge in [0.2, 0.25) is 0 Å². The van der Waals surface area contributed by atoms with Crippen LogP contribution >= 0.6 is 0 Å². The number of hydrogen-bond donors (Lipinski definition) is 0. The van der Waals surface area contributed by atoms with E-state index >= 15 is 0 Å². The van der Waals surface area contributed by atoms with Gasteiger partial charge in [-0.25, -0.2) is 0 Å². The van der Waals surface area contributed by atoms with Crippen LogP contribution in [0.1, 0.15) is 32.1 Å². The first-order chi connectivity index (χ1) is 12.4. The van der Waals surface area contributed by atoms with Gasteiger partial charge in [-0.15, -0.1) is 0 Å². The second kappa shape index (κ2) is 7.63. The predicted octanol–water partition coefficient (Wildman–Crippen LogP) is 4.22. The zero-order chi connectivity index (χ0) is 17.0. The topological polar surface area (TPSA) is 0 Å². The van der Waals surface area contributed by atoms with Gasteiger partial charge in [0.1, 0.15) is 0 Å². The number of hydrogen-bond acceptors (Lipinski definition) is 0. The Labute approximate surface area is 154 Å². The molecule has 1 saturated carbocycles. The molecular weight excluding hydrogens is 363 g/mol. The van der Waals surface area contributed by atoms with Crippen molar-refractivity contribution in [2.75, 3.05) is 0 Å². The first-order valence-electron chi connectivity index (χ1n) is 9.59. The van der Waals surface area contributed by atoms with Crippen molar-refractivity contribution >= 4 is 26.6 Å². The van der Waals surface area contributed by atoms with E-state index < -0.39 is 13.6 Å².